The van der Waals surface area contributed by atoms with Crippen LogP contribution in [0.5, 0.6) is 0 Å². The maximum absolute atomic E-state index is 12.5. The van der Waals surface area contributed by atoms with E-state index in [1.807, 2.05) is 11.8 Å². The highest BCUT2D eigenvalue weighted by Crippen LogP contribution is 2.28. The maximum atomic E-state index is 12.5. The van der Waals surface area contributed by atoms with Gasteiger partial charge in [-0.05, 0) is 44.7 Å². The number of nitrogens with one attached hydrogen (secondary N) is 1. The van der Waals surface area contributed by atoms with Crippen molar-refractivity contribution in [2.75, 3.05) is 5.32 Å². The quantitative estimate of drug-likeness (QED) is 0.895. The fourth-order valence-corrected chi connectivity index (χ4v) is 3.02. The molecule has 2 atom stereocenters. The maximum Gasteiger partial charge on any atom is 0.337 e. The van der Waals surface area contributed by atoms with Crippen LogP contribution < -0.4 is 5.32 Å². The summed E-state index contributed by atoms with van der Waals surface area (Å²) in [6, 6.07) is 5.21. The average molecular weight is 290 g/mol. The monoisotopic (exact) mass is 290 g/mol. The van der Waals surface area contributed by atoms with Crippen molar-refractivity contribution in [3.8, 4) is 0 Å². The molecule has 0 saturated carbocycles. The van der Waals surface area contributed by atoms with E-state index < -0.39 is 5.97 Å². The SMILES string of the molecule is CCC1CCC(C)N1C(=O)Nc1c(C)cccc1C(=O)O. The predicted molar refractivity (Wildman–Crippen MR) is 81.8 cm³/mol. The van der Waals surface area contributed by atoms with Crippen molar-refractivity contribution in [1.82, 2.24) is 4.90 Å². The highest BCUT2D eigenvalue weighted by atomic mass is 16.4. The van der Waals surface area contributed by atoms with Gasteiger partial charge in [-0.25, -0.2) is 9.59 Å². The number of amides is 2. The van der Waals surface area contributed by atoms with Crippen molar-refractivity contribution in [3.05, 3.63) is 29.3 Å². The van der Waals surface area contributed by atoms with E-state index in [0.29, 0.717) is 5.69 Å². The lowest BCUT2D eigenvalue weighted by Gasteiger charge is -2.28. The van der Waals surface area contributed by atoms with Gasteiger partial charge in [-0.1, -0.05) is 19.1 Å². The number of hydrogen-bond acceptors (Lipinski definition) is 2. The lowest BCUT2D eigenvalue weighted by Crippen LogP contribution is -2.42. The average Bonchev–Trinajstić information content (AvgIpc) is 2.81. The second-order valence-corrected chi connectivity index (χ2v) is 5.63. The third-order valence-corrected chi connectivity index (χ3v) is 4.23. The van der Waals surface area contributed by atoms with Crippen LogP contribution in [0, 0.1) is 6.92 Å². The number of urea groups is 1. The van der Waals surface area contributed by atoms with Gasteiger partial charge in [0.15, 0.2) is 0 Å². The Morgan fingerprint density at radius 1 is 1.38 bits per heavy atom. The number of aromatic carboxylic acids is 1. The molecule has 5 heteroatoms. The zero-order valence-electron chi connectivity index (χ0n) is 12.7. The number of carbonyl (C=O) groups is 2. The topological polar surface area (TPSA) is 69.6 Å². The van der Waals surface area contributed by atoms with Crippen LogP contribution in [0.25, 0.3) is 0 Å². The van der Waals surface area contributed by atoms with Crippen molar-refractivity contribution in [2.24, 2.45) is 0 Å². The fraction of sp³-hybridized carbons (Fsp3) is 0.500. The summed E-state index contributed by atoms with van der Waals surface area (Å²) >= 11 is 0. The number of nitrogens with zero attached hydrogens (tertiary/aromatic N) is 1. The number of rotatable bonds is 3. The van der Waals surface area contributed by atoms with Crippen LogP contribution in [0.1, 0.15) is 49.0 Å². The van der Waals surface area contributed by atoms with Crippen LogP contribution in [-0.4, -0.2) is 34.1 Å². The Hall–Kier alpha value is -2.04. The number of hydrogen-bond donors (Lipinski definition) is 2. The number of aryl methyl sites for hydroxylation is 1. The van der Waals surface area contributed by atoms with E-state index in [1.165, 1.54) is 6.07 Å². The van der Waals surface area contributed by atoms with E-state index in [9.17, 15) is 14.7 Å². The van der Waals surface area contributed by atoms with Gasteiger partial charge in [0, 0.05) is 12.1 Å². The summed E-state index contributed by atoms with van der Waals surface area (Å²) in [5, 5.41) is 12.1. The number of benzene rings is 1. The van der Waals surface area contributed by atoms with E-state index in [-0.39, 0.29) is 23.7 Å². The van der Waals surface area contributed by atoms with Crippen LogP contribution in [0.15, 0.2) is 18.2 Å². The van der Waals surface area contributed by atoms with Gasteiger partial charge < -0.3 is 15.3 Å². The van der Waals surface area contributed by atoms with Crippen molar-refractivity contribution in [2.45, 2.75) is 52.1 Å². The van der Waals surface area contributed by atoms with Gasteiger partial charge in [0.05, 0.1) is 11.3 Å². The molecule has 2 rings (SSSR count). The summed E-state index contributed by atoms with van der Waals surface area (Å²) < 4.78 is 0. The standard InChI is InChI=1S/C16H22N2O3/c1-4-12-9-8-11(3)18(12)16(21)17-14-10(2)6-5-7-13(14)15(19)20/h5-7,11-12H,4,8-9H2,1-3H3,(H,17,21)(H,19,20). The molecule has 2 amide bonds. The van der Waals surface area contributed by atoms with Crippen LogP contribution in [-0.2, 0) is 0 Å². The third kappa shape index (κ3) is 3.01. The minimum atomic E-state index is -1.03. The molecule has 2 N–H and O–H groups in total. The molecule has 2 unspecified atom stereocenters. The molecule has 1 fully saturated rings. The molecule has 1 aliphatic rings. The molecular formula is C16H22N2O3. The van der Waals surface area contributed by atoms with Gasteiger partial charge in [-0.3, -0.25) is 0 Å². The van der Waals surface area contributed by atoms with Crippen LogP contribution in [0.4, 0.5) is 10.5 Å². The molecule has 1 heterocycles. The minimum Gasteiger partial charge on any atom is -0.478 e. The fourth-order valence-electron chi connectivity index (χ4n) is 3.02. The lowest BCUT2D eigenvalue weighted by molar-refractivity contribution is 0.0698. The molecule has 0 bridgehead atoms. The van der Waals surface area contributed by atoms with E-state index >= 15 is 0 Å². The van der Waals surface area contributed by atoms with Gasteiger partial charge in [-0.15, -0.1) is 0 Å². The second-order valence-electron chi connectivity index (χ2n) is 5.63. The first-order chi connectivity index (χ1) is 9.95. The normalized spacial score (nSPS) is 21.4. The third-order valence-electron chi connectivity index (χ3n) is 4.23. The Labute approximate surface area is 125 Å². The smallest absolute Gasteiger partial charge is 0.337 e. The summed E-state index contributed by atoms with van der Waals surface area (Å²) in [5.41, 5.74) is 1.27. The summed E-state index contributed by atoms with van der Waals surface area (Å²) in [5.74, 6) is -1.03. The predicted octanol–water partition coefficient (Wildman–Crippen LogP) is 3.49. The molecule has 0 spiro atoms. The molecule has 5 nitrogen and oxygen atoms in total. The van der Waals surface area contributed by atoms with Crippen LogP contribution >= 0.6 is 0 Å². The number of anilines is 1. The Kier molecular flexibility index (Phi) is 4.50. The summed E-state index contributed by atoms with van der Waals surface area (Å²) in [4.78, 5) is 25.7. The Balaban J connectivity index is 2.26. The second kappa shape index (κ2) is 6.16. The van der Waals surface area contributed by atoms with Gasteiger partial charge >= 0.3 is 12.0 Å². The first-order valence-electron chi connectivity index (χ1n) is 7.38. The van der Waals surface area contributed by atoms with Gasteiger partial charge in [0.2, 0.25) is 0 Å². The van der Waals surface area contributed by atoms with Crippen molar-refractivity contribution in [1.29, 1.82) is 0 Å². The van der Waals surface area contributed by atoms with Crippen LogP contribution in [0.2, 0.25) is 0 Å². The number of carbonyl (C=O) groups excluding carboxylic acids is 1. The molecule has 1 saturated heterocycles. The Morgan fingerprint density at radius 3 is 2.71 bits per heavy atom. The van der Waals surface area contributed by atoms with Crippen LogP contribution in [0.3, 0.4) is 0 Å². The summed E-state index contributed by atoms with van der Waals surface area (Å²) in [6.07, 6.45) is 2.91. The van der Waals surface area contributed by atoms with E-state index in [0.717, 1.165) is 24.8 Å². The Bertz CT molecular complexity index is 556. The molecule has 1 aromatic carbocycles. The molecule has 1 aromatic rings. The number of likely N-dealkylation sites (tertiary alicyclic amines) is 1. The van der Waals surface area contributed by atoms with Crippen molar-refractivity contribution in [3.63, 3.8) is 0 Å². The highest BCUT2D eigenvalue weighted by molar-refractivity contribution is 6.01. The zero-order valence-corrected chi connectivity index (χ0v) is 12.7. The van der Waals surface area contributed by atoms with Gasteiger partial charge in [-0.2, -0.15) is 0 Å². The Morgan fingerprint density at radius 2 is 2.10 bits per heavy atom. The number of carboxylic acid groups (broad SMARTS) is 1. The molecule has 1 aliphatic heterocycles. The first-order valence-corrected chi connectivity index (χ1v) is 7.38. The van der Waals surface area contributed by atoms with Crippen molar-refractivity contribution >= 4 is 17.7 Å². The molecular weight excluding hydrogens is 268 g/mol. The van der Waals surface area contributed by atoms with E-state index in [1.54, 1.807) is 19.1 Å². The summed E-state index contributed by atoms with van der Waals surface area (Å²) in [6.45, 7) is 5.90. The van der Waals surface area contributed by atoms with E-state index in [4.69, 9.17) is 0 Å². The summed E-state index contributed by atoms with van der Waals surface area (Å²) in [7, 11) is 0. The number of para-hydroxylation sites is 1. The largest absolute Gasteiger partial charge is 0.478 e. The van der Waals surface area contributed by atoms with Gasteiger partial charge in [0.1, 0.15) is 0 Å². The molecule has 0 aliphatic carbocycles. The first kappa shape index (κ1) is 15.4. The highest BCUT2D eigenvalue weighted by Gasteiger charge is 2.33. The number of carboxylic acids is 1. The minimum absolute atomic E-state index is 0.128. The van der Waals surface area contributed by atoms with E-state index in [2.05, 4.69) is 12.2 Å². The zero-order chi connectivity index (χ0) is 15.6. The molecule has 0 radical (unpaired) electrons. The van der Waals surface area contributed by atoms with Gasteiger partial charge in [0.25, 0.3) is 0 Å². The lowest BCUT2D eigenvalue weighted by atomic mass is 10.1. The van der Waals surface area contributed by atoms with Crippen molar-refractivity contribution < 1.29 is 14.7 Å². The molecule has 114 valence electrons. The molecule has 21 heavy (non-hydrogen) atoms. The molecule has 0 aromatic heterocycles.